The van der Waals surface area contributed by atoms with Crippen molar-refractivity contribution in [2.75, 3.05) is 5.73 Å². The van der Waals surface area contributed by atoms with Crippen LogP contribution in [-0.2, 0) is 0 Å². The quantitative estimate of drug-likeness (QED) is 0.907. The van der Waals surface area contributed by atoms with Gasteiger partial charge in [0.25, 0.3) is 0 Å². The molecule has 0 aliphatic rings. The van der Waals surface area contributed by atoms with Crippen molar-refractivity contribution >= 4 is 29.2 Å². The number of anilines is 1. The van der Waals surface area contributed by atoms with Crippen LogP contribution < -0.4 is 10.5 Å². The summed E-state index contributed by atoms with van der Waals surface area (Å²) in [4.78, 5) is 7.89. The van der Waals surface area contributed by atoms with Crippen LogP contribution in [0.4, 0.5) is 5.95 Å². The molecule has 0 fully saturated rings. The van der Waals surface area contributed by atoms with E-state index in [0.717, 1.165) is 0 Å². The Morgan fingerprint density at radius 3 is 2.65 bits per heavy atom. The molecule has 0 amide bonds. The zero-order chi connectivity index (χ0) is 12.4. The Labute approximate surface area is 108 Å². The number of hydrogen-bond donors (Lipinski definition) is 1. The van der Waals surface area contributed by atoms with Gasteiger partial charge in [-0.1, -0.05) is 23.2 Å². The van der Waals surface area contributed by atoms with Gasteiger partial charge >= 0.3 is 0 Å². The average Bonchev–Trinajstić information content (AvgIpc) is 2.22. The van der Waals surface area contributed by atoms with Crippen molar-refractivity contribution in [3.63, 3.8) is 0 Å². The van der Waals surface area contributed by atoms with E-state index in [2.05, 4.69) is 9.97 Å². The van der Waals surface area contributed by atoms with Gasteiger partial charge in [-0.25, -0.2) is 4.98 Å². The number of nitrogens with zero attached hydrogens (tertiary/aromatic N) is 2. The second kappa shape index (κ2) is 4.77. The second-order valence-corrected chi connectivity index (χ2v) is 4.23. The molecule has 0 unspecified atom stereocenters. The number of rotatable bonds is 2. The molecule has 0 bridgehead atoms. The lowest BCUT2D eigenvalue weighted by Crippen LogP contribution is -1.98. The Morgan fingerprint density at radius 2 is 1.94 bits per heavy atom. The molecule has 0 aliphatic carbocycles. The minimum atomic E-state index is 0.151. The highest BCUT2D eigenvalue weighted by Gasteiger charge is 2.06. The van der Waals surface area contributed by atoms with E-state index in [0.29, 0.717) is 27.4 Å². The number of ether oxygens (including phenoxy) is 1. The highest BCUT2D eigenvalue weighted by atomic mass is 35.5. The van der Waals surface area contributed by atoms with Crippen LogP contribution >= 0.6 is 23.2 Å². The maximum absolute atomic E-state index is 5.97. The summed E-state index contributed by atoms with van der Waals surface area (Å²) in [6.45, 7) is 1.80. The van der Waals surface area contributed by atoms with Gasteiger partial charge in [0.05, 0.1) is 5.02 Å². The fourth-order valence-corrected chi connectivity index (χ4v) is 1.60. The van der Waals surface area contributed by atoms with Crippen LogP contribution in [-0.4, -0.2) is 9.97 Å². The van der Waals surface area contributed by atoms with Crippen LogP contribution in [0.1, 0.15) is 5.69 Å². The summed E-state index contributed by atoms with van der Waals surface area (Å²) in [6, 6.07) is 6.60. The molecule has 6 heteroatoms. The van der Waals surface area contributed by atoms with Gasteiger partial charge < -0.3 is 10.5 Å². The predicted molar refractivity (Wildman–Crippen MR) is 67.7 cm³/mol. The third-order valence-electron chi connectivity index (χ3n) is 1.96. The van der Waals surface area contributed by atoms with Crippen molar-refractivity contribution in [2.45, 2.75) is 6.92 Å². The summed E-state index contributed by atoms with van der Waals surface area (Å²) in [6.07, 6.45) is 0. The predicted octanol–water partition coefficient (Wildman–Crippen LogP) is 3.47. The summed E-state index contributed by atoms with van der Waals surface area (Å²) < 4.78 is 5.50. The molecule has 0 radical (unpaired) electrons. The Balaban J connectivity index is 2.34. The minimum absolute atomic E-state index is 0.151. The summed E-state index contributed by atoms with van der Waals surface area (Å²) >= 11 is 11.8. The van der Waals surface area contributed by atoms with Crippen LogP contribution in [0, 0.1) is 6.92 Å². The molecule has 0 saturated carbocycles. The van der Waals surface area contributed by atoms with E-state index in [1.54, 1.807) is 31.2 Å². The minimum Gasteiger partial charge on any atom is -0.437 e. The van der Waals surface area contributed by atoms with Crippen LogP contribution in [0.15, 0.2) is 24.3 Å². The average molecular weight is 270 g/mol. The van der Waals surface area contributed by atoms with Crippen LogP contribution in [0.3, 0.4) is 0 Å². The van der Waals surface area contributed by atoms with Gasteiger partial charge in [0.1, 0.15) is 5.75 Å². The third kappa shape index (κ3) is 2.99. The number of halogens is 2. The Morgan fingerprint density at radius 1 is 1.18 bits per heavy atom. The molecular weight excluding hydrogens is 261 g/mol. The molecule has 1 aromatic carbocycles. The zero-order valence-electron chi connectivity index (χ0n) is 8.95. The lowest BCUT2D eigenvalue weighted by molar-refractivity contribution is 0.462. The summed E-state index contributed by atoms with van der Waals surface area (Å²) in [5.41, 5.74) is 6.23. The molecule has 88 valence electrons. The number of nitrogens with two attached hydrogens (primary N) is 1. The van der Waals surface area contributed by atoms with E-state index in [-0.39, 0.29) is 5.95 Å². The first-order valence-corrected chi connectivity index (χ1v) is 5.54. The SMILES string of the molecule is Cc1cc(Oc2cc(Cl)ccc2Cl)nc(N)n1. The van der Waals surface area contributed by atoms with Gasteiger partial charge in [-0.3, -0.25) is 0 Å². The van der Waals surface area contributed by atoms with Gasteiger partial charge in [0.2, 0.25) is 11.8 Å². The van der Waals surface area contributed by atoms with Crippen molar-refractivity contribution in [2.24, 2.45) is 0 Å². The van der Waals surface area contributed by atoms with Crippen molar-refractivity contribution in [3.8, 4) is 11.6 Å². The molecule has 0 saturated heterocycles. The first kappa shape index (κ1) is 12.0. The smallest absolute Gasteiger partial charge is 0.224 e. The van der Waals surface area contributed by atoms with Gasteiger partial charge in [0, 0.05) is 22.8 Å². The Bertz CT molecular complexity index is 540. The molecule has 2 aromatic rings. The van der Waals surface area contributed by atoms with Gasteiger partial charge in [-0.2, -0.15) is 4.98 Å². The van der Waals surface area contributed by atoms with E-state index in [9.17, 15) is 0 Å². The van der Waals surface area contributed by atoms with E-state index in [1.165, 1.54) is 0 Å². The maximum atomic E-state index is 5.97. The number of hydrogen-bond acceptors (Lipinski definition) is 4. The normalized spacial score (nSPS) is 10.3. The van der Waals surface area contributed by atoms with E-state index in [1.807, 2.05) is 0 Å². The molecule has 0 atom stereocenters. The van der Waals surface area contributed by atoms with E-state index >= 15 is 0 Å². The molecule has 2 rings (SSSR count). The van der Waals surface area contributed by atoms with Crippen LogP contribution in [0.2, 0.25) is 10.0 Å². The lowest BCUT2D eigenvalue weighted by atomic mass is 10.3. The van der Waals surface area contributed by atoms with Crippen LogP contribution in [0.5, 0.6) is 11.6 Å². The molecule has 17 heavy (non-hydrogen) atoms. The van der Waals surface area contributed by atoms with E-state index < -0.39 is 0 Å². The number of nitrogen functional groups attached to an aromatic ring is 1. The Kier molecular flexibility index (Phi) is 3.36. The fourth-order valence-electron chi connectivity index (χ4n) is 1.28. The topological polar surface area (TPSA) is 61.0 Å². The number of aromatic nitrogens is 2. The lowest BCUT2D eigenvalue weighted by Gasteiger charge is -2.07. The highest BCUT2D eigenvalue weighted by Crippen LogP contribution is 2.31. The first-order valence-electron chi connectivity index (χ1n) is 4.78. The molecule has 4 nitrogen and oxygen atoms in total. The van der Waals surface area contributed by atoms with Gasteiger partial charge in [-0.05, 0) is 19.1 Å². The molecule has 2 N–H and O–H groups in total. The standard InChI is InChI=1S/C11H9Cl2N3O/c1-6-4-10(16-11(14)15-6)17-9-5-7(12)2-3-8(9)13/h2-5H,1H3,(H2,14,15,16). The molecule has 0 aliphatic heterocycles. The van der Waals surface area contributed by atoms with Gasteiger partial charge in [0.15, 0.2) is 0 Å². The fraction of sp³-hybridized carbons (Fsp3) is 0.0909. The molecular formula is C11H9Cl2N3O. The van der Waals surface area contributed by atoms with Crippen molar-refractivity contribution in [1.29, 1.82) is 0 Å². The molecule has 1 aromatic heterocycles. The van der Waals surface area contributed by atoms with Crippen LogP contribution in [0.25, 0.3) is 0 Å². The second-order valence-electron chi connectivity index (χ2n) is 3.38. The highest BCUT2D eigenvalue weighted by molar-refractivity contribution is 6.34. The zero-order valence-corrected chi connectivity index (χ0v) is 10.5. The third-order valence-corrected chi connectivity index (χ3v) is 2.50. The van der Waals surface area contributed by atoms with Crippen molar-refractivity contribution in [3.05, 3.63) is 40.0 Å². The van der Waals surface area contributed by atoms with Crippen molar-refractivity contribution in [1.82, 2.24) is 9.97 Å². The summed E-state index contributed by atoms with van der Waals surface area (Å²) in [5, 5.41) is 0.979. The van der Waals surface area contributed by atoms with Gasteiger partial charge in [-0.15, -0.1) is 0 Å². The number of benzene rings is 1. The Hall–Kier alpha value is -1.52. The van der Waals surface area contributed by atoms with Crippen molar-refractivity contribution < 1.29 is 4.74 Å². The summed E-state index contributed by atoms with van der Waals surface area (Å²) in [5.74, 6) is 0.911. The largest absolute Gasteiger partial charge is 0.437 e. The molecule has 0 spiro atoms. The summed E-state index contributed by atoms with van der Waals surface area (Å²) in [7, 11) is 0. The maximum Gasteiger partial charge on any atom is 0.224 e. The molecule has 1 heterocycles. The first-order chi connectivity index (χ1) is 8.04. The van der Waals surface area contributed by atoms with E-state index in [4.69, 9.17) is 33.7 Å². The number of aryl methyl sites for hydroxylation is 1. The monoisotopic (exact) mass is 269 g/mol.